The predicted octanol–water partition coefficient (Wildman–Crippen LogP) is 2.29. The fourth-order valence-corrected chi connectivity index (χ4v) is 2.67. The molecule has 2 rings (SSSR count). The molecule has 1 aromatic rings. The lowest BCUT2D eigenvalue weighted by Crippen LogP contribution is -2.39. The Kier molecular flexibility index (Phi) is 7.21. The minimum Gasteiger partial charge on any atom is -0.481 e. The molecule has 6 nitrogen and oxygen atoms in total. The average Bonchev–Trinajstić information content (AvgIpc) is 2.60. The van der Waals surface area contributed by atoms with Crippen molar-refractivity contribution in [3.05, 3.63) is 35.9 Å². The number of benzene rings is 1. The molecule has 1 heterocycles. The lowest BCUT2D eigenvalue weighted by Gasteiger charge is -2.25. The van der Waals surface area contributed by atoms with Crippen LogP contribution in [-0.2, 0) is 19.1 Å². The van der Waals surface area contributed by atoms with Crippen LogP contribution in [0.15, 0.2) is 30.3 Å². The maximum Gasteiger partial charge on any atom is 0.305 e. The number of nitrogens with one attached hydrogen (secondary N) is 1. The van der Waals surface area contributed by atoms with E-state index in [0.29, 0.717) is 6.61 Å². The minimum atomic E-state index is -0.965. The fourth-order valence-electron chi connectivity index (χ4n) is 2.67. The average molecular weight is 335 g/mol. The van der Waals surface area contributed by atoms with Crippen LogP contribution in [0.2, 0.25) is 0 Å². The largest absolute Gasteiger partial charge is 0.481 e. The van der Waals surface area contributed by atoms with Crippen LogP contribution in [0, 0.1) is 0 Å². The molecule has 0 aliphatic carbocycles. The summed E-state index contributed by atoms with van der Waals surface area (Å²) in [6.07, 6.45) is 2.34. The predicted molar refractivity (Wildman–Crippen MR) is 88.6 cm³/mol. The zero-order valence-electron chi connectivity index (χ0n) is 13.9. The highest BCUT2D eigenvalue weighted by molar-refractivity contribution is 5.81. The third-order valence-electron chi connectivity index (χ3n) is 4.07. The summed E-state index contributed by atoms with van der Waals surface area (Å²) in [6, 6.07) is 8.50. The van der Waals surface area contributed by atoms with Crippen LogP contribution in [0.3, 0.4) is 0 Å². The lowest BCUT2D eigenvalue weighted by molar-refractivity contribution is -0.139. The van der Waals surface area contributed by atoms with E-state index in [0.717, 1.165) is 31.4 Å². The number of carboxylic acid groups (broad SMARTS) is 1. The summed E-state index contributed by atoms with van der Waals surface area (Å²) in [5.41, 5.74) is 0.760. The quantitative estimate of drug-likeness (QED) is 0.761. The molecule has 1 aliphatic rings. The van der Waals surface area contributed by atoms with Crippen molar-refractivity contribution in [2.75, 3.05) is 13.2 Å². The van der Waals surface area contributed by atoms with Crippen molar-refractivity contribution in [3.63, 3.8) is 0 Å². The molecule has 2 N–H and O–H groups in total. The van der Waals surface area contributed by atoms with Gasteiger partial charge in [-0.05, 0) is 31.7 Å². The zero-order chi connectivity index (χ0) is 17.4. The molecular weight excluding hydrogens is 310 g/mol. The molecule has 24 heavy (non-hydrogen) atoms. The van der Waals surface area contributed by atoms with E-state index in [-0.39, 0.29) is 18.4 Å². The van der Waals surface area contributed by atoms with Crippen molar-refractivity contribution < 1.29 is 24.2 Å². The second-order valence-corrected chi connectivity index (χ2v) is 6.03. The Balaban J connectivity index is 1.87. The molecule has 0 spiro atoms. The Bertz CT molecular complexity index is 527. The summed E-state index contributed by atoms with van der Waals surface area (Å²) in [4.78, 5) is 23.4. The number of aliphatic carboxylic acids is 1. The standard InChI is InChI=1S/C18H25NO5/c1-13(24-12-15-9-5-6-10-23-15)18(22)19-16(11-17(20)21)14-7-3-2-4-8-14/h2-4,7-8,13,15-16H,5-6,9-12H2,1H3,(H,19,22)(H,20,21). The topological polar surface area (TPSA) is 84.9 Å². The number of amides is 1. The molecule has 0 saturated carbocycles. The maximum absolute atomic E-state index is 12.3. The molecule has 0 bridgehead atoms. The van der Waals surface area contributed by atoms with Crippen LogP contribution in [0.25, 0.3) is 0 Å². The highest BCUT2D eigenvalue weighted by Gasteiger charge is 2.23. The minimum absolute atomic E-state index is 0.0398. The van der Waals surface area contributed by atoms with E-state index in [4.69, 9.17) is 14.6 Å². The first-order chi connectivity index (χ1) is 11.6. The number of carbonyl (C=O) groups is 2. The van der Waals surface area contributed by atoms with Crippen LogP contribution in [-0.4, -0.2) is 42.4 Å². The van der Waals surface area contributed by atoms with E-state index in [2.05, 4.69) is 5.32 Å². The van der Waals surface area contributed by atoms with Crippen molar-refractivity contribution in [2.24, 2.45) is 0 Å². The van der Waals surface area contributed by atoms with E-state index in [1.54, 1.807) is 19.1 Å². The molecule has 6 heteroatoms. The molecule has 1 amide bonds. The van der Waals surface area contributed by atoms with E-state index in [1.165, 1.54) is 0 Å². The number of carbonyl (C=O) groups excluding carboxylic acids is 1. The smallest absolute Gasteiger partial charge is 0.305 e. The van der Waals surface area contributed by atoms with E-state index in [9.17, 15) is 9.59 Å². The van der Waals surface area contributed by atoms with Gasteiger partial charge in [-0.15, -0.1) is 0 Å². The van der Waals surface area contributed by atoms with Gasteiger partial charge in [0.15, 0.2) is 0 Å². The van der Waals surface area contributed by atoms with Gasteiger partial charge in [-0.25, -0.2) is 0 Å². The number of hydrogen-bond acceptors (Lipinski definition) is 4. The molecule has 1 aromatic carbocycles. The van der Waals surface area contributed by atoms with Crippen molar-refractivity contribution in [1.82, 2.24) is 5.32 Å². The monoisotopic (exact) mass is 335 g/mol. The van der Waals surface area contributed by atoms with E-state index >= 15 is 0 Å². The summed E-state index contributed by atoms with van der Waals surface area (Å²) < 4.78 is 11.2. The summed E-state index contributed by atoms with van der Waals surface area (Å²) in [5, 5.41) is 11.8. The van der Waals surface area contributed by atoms with Crippen LogP contribution < -0.4 is 5.32 Å². The van der Waals surface area contributed by atoms with Crippen molar-refractivity contribution in [1.29, 1.82) is 0 Å². The summed E-state index contributed by atoms with van der Waals surface area (Å²) in [5.74, 6) is -1.28. The molecule has 1 fully saturated rings. The first kappa shape index (κ1) is 18.4. The fraction of sp³-hybridized carbons (Fsp3) is 0.556. The molecule has 1 aliphatic heterocycles. The highest BCUT2D eigenvalue weighted by Crippen LogP contribution is 2.17. The maximum atomic E-state index is 12.3. The summed E-state index contributed by atoms with van der Waals surface area (Å²) in [6.45, 7) is 2.79. The number of hydrogen-bond donors (Lipinski definition) is 2. The molecule has 3 atom stereocenters. The van der Waals surface area contributed by atoms with Gasteiger partial charge >= 0.3 is 5.97 Å². The van der Waals surface area contributed by atoms with Gasteiger partial charge in [0.25, 0.3) is 0 Å². The number of ether oxygens (including phenoxy) is 2. The number of carboxylic acids is 1. The van der Waals surface area contributed by atoms with Gasteiger partial charge in [-0.1, -0.05) is 30.3 Å². The van der Waals surface area contributed by atoms with E-state index in [1.807, 2.05) is 18.2 Å². The van der Waals surface area contributed by atoms with Crippen LogP contribution in [0.5, 0.6) is 0 Å². The highest BCUT2D eigenvalue weighted by atomic mass is 16.5. The molecular formula is C18H25NO5. The van der Waals surface area contributed by atoms with Gasteiger partial charge in [-0.2, -0.15) is 0 Å². The molecule has 132 valence electrons. The van der Waals surface area contributed by atoms with Gasteiger partial charge in [0.05, 0.1) is 25.2 Å². The van der Waals surface area contributed by atoms with Gasteiger partial charge in [0, 0.05) is 6.61 Å². The molecule has 0 aromatic heterocycles. The zero-order valence-corrected chi connectivity index (χ0v) is 13.9. The van der Waals surface area contributed by atoms with Crippen molar-refractivity contribution in [2.45, 2.75) is 50.9 Å². The number of rotatable bonds is 8. The van der Waals surface area contributed by atoms with Crippen LogP contribution in [0.1, 0.15) is 44.2 Å². The third kappa shape index (κ3) is 5.94. The normalized spacial score (nSPS) is 20.1. The second kappa shape index (κ2) is 9.39. The Morgan fingerprint density at radius 1 is 1.33 bits per heavy atom. The molecule has 0 radical (unpaired) electrons. The SMILES string of the molecule is CC(OCC1CCCCO1)C(=O)NC(CC(=O)O)c1ccccc1. The van der Waals surface area contributed by atoms with Gasteiger partial charge in [0.1, 0.15) is 6.10 Å². The van der Waals surface area contributed by atoms with Crippen LogP contribution >= 0.6 is 0 Å². The van der Waals surface area contributed by atoms with Crippen molar-refractivity contribution >= 4 is 11.9 Å². The van der Waals surface area contributed by atoms with Crippen LogP contribution in [0.4, 0.5) is 0 Å². The van der Waals surface area contributed by atoms with Gasteiger partial charge < -0.3 is 19.9 Å². The van der Waals surface area contributed by atoms with Gasteiger partial charge in [-0.3, -0.25) is 9.59 Å². The summed E-state index contributed by atoms with van der Waals surface area (Å²) >= 11 is 0. The van der Waals surface area contributed by atoms with E-state index < -0.39 is 18.1 Å². The lowest BCUT2D eigenvalue weighted by atomic mass is 10.0. The molecule has 3 unspecified atom stereocenters. The Morgan fingerprint density at radius 3 is 2.71 bits per heavy atom. The Labute approximate surface area is 142 Å². The first-order valence-corrected chi connectivity index (χ1v) is 8.36. The van der Waals surface area contributed by atoms with Gasteiger partial charge in [0.2, 0.25) is 5.91 Å². The Hall–Kier alpha value is -1.92. The summed E-state index contributed by atoms with van der Waals surface area (Å²) in [7, 11) is 0. The second-order valence-electron chi connectivity index (χ2n) is 6.03. The molecule has 1 saturated heterocycles. The van der Waals surface area contributed by atoms with Crippen molar-refractivity contribution in [3.8, 4) is 0 Å². The Morgan fingerprint density at radius 2 is 2.08 bits per heavy atom. The first-order valence-electron chi connectivity index (χ1n) is 8.36. The third-order valence-corrected chi connectivity index (χ3v) is 4.07.